The van der Waals surface area contributed by atoms with Crippen molar-refractivity contribution in [3.63, 3.8) is 0 Å². The summed E-state index contributed by atoms with van der Waals surface area (Å²) in [4.78, 5) is 10.5. The van der Waals surface area contributed by atoms with E-state index in [9.17, 15) is 4.79 Å². The molecule has 0 aliphatic rings. The summed E-state index contributed by atoms with van der Waals surface area (Å²) in [6.45, 7) is 3.82. The van der Waals surface area contributed by atoms with Crippen molar-refractivity contribution in [2.45, 2.75) is 32.7 Å². The summed E-state index contributed by atoms with van der Waals surface area (Å²) in [5.74, 6) is -0.817. The number of hydrogen-bond acceptors (Lipinski definition) is 1. The lowest BCUT2D eigenvalue weighted by molar-refractivity contribution is -0.894. The third-order valence-electron chi connectivity index (χ3n) is 2.69. The lowest BCUT2D eigenvalue weighted by Crippen LogP contribution is -2.43. The molecule has 3 nitrogen and oxygen atoms in total. The number of hydrogen-bond donors (Lipinski definition) is 1. The highest BCUT2D eigenvalue weighted by atomic mass is 16.4. The van der Waals surface area contributed by atoms with Crippen LogP contribution in [-0.4, -0.2) is 42.7 Å². The lowest BCUT2D eigenvalue weighted by atomic mass is 10.1. The molecule has 0 aliphatic carbocycles. The number of carbonyl (C=O) groups is 1. The molecule has 1 N–H and O–H groups in total. The van der Waals surface area contributed by atoms with Crippen LogP contribution in [0.1, 0.15) is 26.7 Å². The van der Waals surface area contributed by atoms with E-state index >= 15 is 0 Å². The zero-order valence-corrected chi connectivity index (χ0v) is 9.87. The molecular formula is C11H22NO2+. The molecular weight excluding hydrogens is 178 g/mol. The van der Waals surface area contributed by atoms with Crippen LogP contribution >= 0.6 is 0 Å². The molecule has 0 rings (SSSR count). The Balaban J connectivity index is 3.97. The maximum atomic E-state index is 10.5. The maximum absolute atomic E-state index is 10.5. The fourth-order valence-corrected chi connectivity index (χ4v) is 1.02. The van der Waals surface area contributed by atoms with Gasteiger partial charge in [-0.3, -0.25) is 0 Å². The van der Waals surface area contributed by atoms with Gasteiger partial charge in [0.2, 0.25) is 0 Å². The van der Waals surface area contributed by atoms with Crippen molar-refractivity contribution < 1.29 is 14.4 Å². The quantitative estimate of drug-likeness (QED) is 0.543. The second kappa shape index (κ2) is 5.15. The molecule has 1 atom stereocenters. The summed E-state index contributed by atoms with van der Waals surface area (Å²) < 4.78 is 0.917. The first-order chi connectivity index (χ1) is 6.25. The number of nitrogens with zero attached hydrogens (tertiary/aromatic N) is 1. The van der Waals surface area contributed by atoms with E-state index in [0.717, 1.165) is 17.3 Å². The third kappa shape index (κ3) is 5.02. The smallest absolute Gasteiger partial charge is 0.330 e. The number of carboxylic acids is 1. The Labute approximate surface area is 86.6 Å². The van der Waals surface area contributed by atoms with Gasteiger partial charge in [0.25, 0.3) is 0 Å². The van der Waals surface area contributed by atoms with Gasteiger partial charge in [0.05, 0.1) is 27.2 Å². The first-order valence-electron chi connectivity index (χ1n) is 4.96. The molecule has 1 unspecified atom stereocenters. The van der Waals surface area contributed by atoms with Gasteiger partial charge in [-0.2, -0.15) is 0 Å². The predicted octanol–water partition coefficient (Wildman–Crippen LogP) is 1.89. The van der Waals surface area contributed by atoms with Crippen LogP contribution in [0.25, 0.3) is 0 Å². The van der Waals surface area contributed by atoms with Crippen LogP contribution in [-0.2, 0) is 4.79 Å². The Morgan fingerprint density at radius 1 is 1.43 bits per heavy atom. The summed E-state index contributed by atoms with van der Waals surface area (Å²) >= 11 is 0. The predicted molar refractivity (Wildman–Crippen MR) is 58.1 cm³/mol. The van der Waals surface area contributed by atoms with E-state index in [0.29, 0.717) is 11.6 Å². The molecule has 14 heavy (non-hydrogen) atoms. The highest BCUT2D eigenvalue weighted by molar-refractivity contribution is 5.85. The average molecular weight is 200 g/mol. The fraction of sp³-hybridized carbons (Fsp3) is 0.727. The van der Waals surface area contributed by atoms with E-state index < -0.39 is 5.97 Å². The van der Waals surface area contributed by atoms with Crippen LogP contribution in [0.2, 0.25) is 0 Å². The Kier molecular flexibility index (Phi) is 4.85. The van der Waals surface area contributed by atoms with Crippen LogP contribution in [0.3, 0.4) is 0 Å². The molecule has 0 aromatic heterocycles. The van der Waals surface area contributed by atoms with E-state index in [1.165, 1.54) is 0 Å². The minimum atomic E-state index is -0.817. The average Bonchev–Trinajstić information content (AvgIpc) is 2.01. The Morgan fingerprint density at radius 3 is 2.29 bits per heavy atom. The molecule has 0 saturated carbocycles. The van der Waals surface area contributed by atoms with Gasteiger partial charge >= 0.3 is 5.97 Å². The van der Waals surface area contributed by atoms with Crippen LogP contribution in [0.15, 0.2) is 11.6 Å². The molecule has 0 fully saturated rings. The second-order valence-corrected chi connectivity index (χ2v) is 4.73. The standard InChI is InChI=1S/C11H21NO2/c1-9(11(13)14)7-6-8-10(2)12(3,4)5/h7,10H,6,8H2,1-5H3/p+1. The van der Waals surface area contributed by atoms with Crippen LogP contribution in [0.5, 0.6) is 0 Å². The zero-order valence-electron chi connectivity index (χ0n) is 9.87. The van der Waals surface area contributed by atoms with Crippen molar-refractivity contribution in [1.82, 2.24) is 0 Å². The molecule has 0 spiro atoms. The van der Waals surface area contributed by atoms with E-state index in [1.807, 2.05) is 0 Å². The summed E-state index contributed by atoms with van der Waals surface area (Å²) in [7, 11) is 6.45. The lowest BCUT2D eigenvalue weighted by Gasteiger charge is -2.31. The number of aliphatic carboxylic acids is 1. The molecule has 3 heteroatoms. The molecule has 0 aliphatic heterocycles. The van der Waals surface area contributed by atoms with E-state index in [2.05, 4.69) is 28.1 Å². The minimum Gasteiger partial charge on any atom is -0.478 e. The molecule has 0 saturated heterocycles. The molecule has 0 radical (unpaired) electrons. The van der Waals surface area contributed by atoms with Gasteiger partial charge < -0.3 is 9.59 Å². The van der Waals surface area contributed by atoms with Gasteiger partial charge in [0, 0.05) is 12.0 Å². The molecule has 0 aromatic rings. The molecule has 82 valence electrons. The Bertz CT molecular complexity index is 226. The van der Waals surface area contributed by atoms with Crippen molar-refractivity contribution in [1.29, 1.82) is 0 Å². The zero-order chi connectivity index (χ0) is 11.4. The van der Waals surface area contributed by atoms with Gasteiger partial charge in [0.1, 0.15) is 0 Å². The number of rotatable bonds is 5. The molecule has 0 amide bonds. The Hall–Kier alpha value is -0.830. The van der Waals surface area contributed by atoms with Crippen LogP contribution in [0, 0.1) is 0 Å². The van der Waals surface area contributed by atoms with E-state index in [1.54, 1.807) is 13.0 Å². The SMILES string of the molecule is CC(=CCCC(C)[N+](C)(C)C)C(=O)O. The first kappa shape index (κ1) is 13.2. The van der Waals surface area contributed by atoms with Crippen molar-refractivity contribution in [3.8, 4) is 0 Å². The summed E-state index contributed by atoms with van der Waals surface area (Å²) in [6, 6.07) is 0.549. The second-order valence-electron chi connectivity index (χ2n) is 4.73. The van der Waals surface area contributed by atoms with Gasteiger partial charge in [-0.05, 0) is 20.3 Å². The highest BCUT2D eigenvalue weighted by Crippen LogP contribution is 2.10. The number of allylic oxidation sites excluding steroid dienone is 1. The van der Waals surface area contributed by atoms with Crippen molar-refractivity contribution in [2.75, 3.05) is 21.1 Å². The molecule has 0 aromatic carbocycles. The largest absolute Gasteiger partial charge is 0.478 e. The topological polar surface area (TPSA) is 37.3 Å². The number of carboxylic acid groups (broad SMARTS) is 1. The fourth-order valence-electron chi connectivity index (χ4n) is 1.02. The van der Waals surface area contributed by atoms with Gasteiger partial charge in [-0.25, -0.2) is 4.79 Å². The highest BCUT2D eigenvalue weighted by Gasteiger charge is 2.16. The van der Waals surface area contributed by atoms with Crippen LogP contribution < -0.4 is 0 Å². The minimum absolute atomic E-state index is 0.443. The Morgan fingerprint density at radius 2 is 1.93 bits per heavy atom. The van der Waals surface area contributed by atoms with E-state index in [4.69, 9.17) is 5.11 Å². The first-order valence-corrected chi connectivity index (χ1v) is 4.96. The van der Waals surface area contributed by atoms with E-state index in [-0.39, 0.29) is 0 Å². The molecule has 0 heterocycles. The summed E-state index contributed by atoms with van der Waals surface area (Å²) in [5, 5.41) is 8.63. The maximum Gasteiger partial charge on any atom is 0.330 e. The van der Waals surface area contributed by atoms with Crippen molar-refractivity contribution in [3.05, 3.63) is 11.6 Å². The molecule has 0 bridgehead atoms. The monoisotopic (exact) mass is 200 g/mol. The van der Waals surface area contributed by atoms with Crippen LogP contribution in [0.4, 0.5) is 0 Å². The third-order valence-corrected chi connectivity index (χ3v) is 2.69. The van der Waals surface area contributed by atoms with Gasteiger partial charge in [-0.15, -0.1) is 0 Å². The number of quaternary nitrogens is 1. The van der Waals surface area contributed by atoms with Crippen molar-refractivity contribution in [2.24, 2.45) is 0 Å². The normalized spacial score (nSPS) is 15.4. The van der Waals surface area contributed by atoms with Gasteiger partial charge in [-0.1, -0.05) is 6.08 Å². The van der Waals surface area contributed by atoms with Gasteiger partial charge in [0.15, 0.2) is 0 Å². The summed E-state index contributed by atoms with van der Waals surface area (Å²) in [6.07, 6.45) is 3.66. The van der Waals surface area contributed by atoms with Crippen molar-refractivity contribution >= 4 is 5.97 Å². The summed E-state index contributed by atoms with van der Waals surface area (Å²) in [5.41, 5.74) is 0.443.